The Morgan fingerprint density at radius 1 is 1.08 bits per heavy atom. The van der Waals surface area contributed by atoms with Gasteiger partial charge in [0.15, 0.2) is 5.78 Å². The number of carbonyl (C=O) groups excluding carboxylic acids is 1. The highest BCUT2D eigenvalue weighted by Crippen LogP contribution is 2.34. The predicted molar refractivity (Wildman–Crippen MR) is 132 cm³/mol. The quantitative estimate of drug-likeness (QED) is 0.238. The lowest BCUT2D eigenvalue weighted by molar-refractivity contribution is 0.0970. The molecule has 3 aromatic carbocycles. The average molecular weight is 497 g/mol. The lowest BCUT2D eigenvalue weighted by Crippen LogP contribution is -2.23. The van der Waals surface area contributed by atoms with Crippen molar-refractivity contribution in [1.29, 1.82) is 0 Å². The average Bonchev–Trinajstić information content (AvgIpc) is 3.32. The number of benzene rings is 3. The summed E-state index contributed by atoms with van der Waals surface area (Å²) in [5, 5.41) is 22.7. The van der Waals surface area contributed by atoms with Gasteiger partial charge in [0.1, 0.15) is 35.8 Å². The number of fused-ring (bicyclic) bond motifs is 1. The molecule has 7 nitrogen and oxygen atoms in total. The summed E-state index contributed by atoms with van der Waals surface area (Å²) in [7, 11) is 1.48. The number of Topliss-reactive ketones (excluding diaryl/α,β-unsaturated/α-hetero) is 1. The smallest absolute Gasteiger partial charge is 0.191 e. The molecule has 0 saturated heterocycles. The van der Waals surface area contributed by atoms with E-state index in [0.717, 1.165) is 0 Å². The van der Waals surface area contributed by atoms with Crippen LogP contribution in [-0.4, -0.2) is 41.3 Å². The van der Waals surface area contributed by atoms with Crippen molar-refractivity contribution in [3.8, 4) is 11.5 Å². The molecule has 1 heterocycles. The molecule has 0 bridgehead atoms. The van der Waals surface area contributed by atoms with Gasteiger partial charge in [0.05, 0.1) is 25.8 Å². The molecule has 1 unspecified atom stereocenters. The van der Waals surface area contributed by atoms with Gasteiger partial charge in [0.25, 0.3) is 0 Å². The normalized spacial score (nSPS) is 11.9. The Balaban J connectivity index is 1.82. The third-order valence-electron chi connectivity index (χ3n) is 5.95. The van der Waals surface area contributed by atoms with Gasteiger partial charge in [-0.25, -0.2) is 8.78 Å². The van der Waals surface area contributed by atoms with Crippen LogP contribution in [0.2, 0.25) is 0 Å². The first kappa shape index (κ1) is 25.2. The fraction of sp³-hybridized carbons (Fsp3) is 0.222. The third kappa shape index (κ3) is 5.02. The molecule has 0 aliphatic rings. The summed E-state index contributed by atoms with van der Waals surface area (Å²) in [4.78, 5) is 16.9. The first-order chi connectivity index (χ1) is 17.4. The fourth-order valence-electron chi connectivity index (χ4n) is 4.14. The topological polar surface area (TPSA) is 104 Å². The number of aromatic nitrogens is 1. The Hall–Kier alpha value is -3.95. The van der Waals surface area contributed by atoms with Gasteiger partial charge in [-0.3, -0.25) is 4.79 Å². The second-order valence-corrected chi connectivity index (χ2v) is 8.21. The Morgan fingerprint density at radius 3 is 2.58 bits per heavy atom. The maximum atomic E-state index is 14.1. The molecule has 36 heavy (non-hydrogen) atoms. The first-order valence-electron chi connectivity index (χ1n) is 11.2. The van der Waals surface area contributed by atoms with Crippen molar-refractivity contribution >= 4 is 22.4 Å². The number of methoxy groups -OCH3 is 1. The van der Waals surface area contributed by atoms with E-state index in [1.54, 1.807) is 25.1 Å². The molecule has 0 spiro atoms. The number of halogens is 2. The van der Waals surface area contributed by atoms with Crippen LogP contribution in [-0.2, 0) is 6.61 Å². The van der Waals surface area contributed by atoms with Crippen molar-refractivity contribution in [1.82, 2.24) is 4.98 Å². The number of aliphatic hydroxyl groups is 2. The van der Waals surface area contributed by atoms with Crippen LogP contribution in [0.25, 0.3) is 10.9 Å². The second kappa shape index (κ2) is 10.8. The van der Waals surface area contributed by atoms with Crippen LogP contribution in [0.5, 0.6) is 11.5 Å². The van der Waals surface area contributed by atoms with Gasteiger partial charge in [-0.2, -0.15) is 0 Å². The molecule has 9 heteroatoms. The lowest BCUT2D eigenvalue weighted by Gasteiger charge is -2.22. The van der Waals surface area contributed by atoms with Crippen LogP contribution in [0.4, 0.5) is 14.5 Å². The molecule has 0 radical (unpaired) electrons. The molecule has 0 amide bonds. The SMILES string of the molecule is COc1cc(NC(C(=O)c2c[nH]c3c(C)c(F)ccc23)c2ccc(F)cc2CO)cc(OCCO)c1. The fourth-order valence-corrected chi connectivity index (χ4v) is 4.14. The summed E-state index contributed by atoms with van der Waals surface area (Å²) in [6.07, 6.45) is 1.51. The molecule has 0 aliphatic carbocycles. The zero-order valence-electron chi connectivity index (χ0n) is 19.8. The minimum absolute atomic E-state index is 0.0623. The summed E-state index contributed by atoms with van der Waals surface area (Å²) in [5.41, 5.74) is 2.25. The largest absolute Gasteiger partial charge is 0.497 e. The van der Waals surface area contributed by atoms with E-state index in [4.69, 9.17) is 14.6 Å². The van der Waals surface area contributed by atoms with Crippen LogP contribution in [0.1, 0.15) is 33.1 Å². The molecule has 4 rings (SSSR count). The minimum atomic E-state index is -1.05. The summed E-state index contributed by atoms with van der Waals surface area (Å²) < 4.78 is 38.9. The summed E-state index contributed by atoms with van der Waals surface area (Å²) in [6.45, 7) is 1.01. The molecule has 0 saturated carbocycles. The summed E-state index contributed by atoms with van der Waals surface area (Å²) >= 11 is 0. The predicted octanol–water partition coefficient (Wildman–Crippen LogP) is 4.66. The molecule has 0 aliphatic heterocycles. The van der Waals surface area contributed by atoms with E-state index < -0.39 is 24.3 Å². The number of aliphatic hydroxyl groups excluding tert-OH is 2. The monoisotopic (exact) mass is 496 g/mol. The first-order valence-corrected chi connectivity index (χ1v) is 11.2. The molecule has 1 atom stereocenters. The van der Waals surface area contributed by atoms with Gasteiger partial charge in [-0.05, 0) is 42.3 Å². The lowest BCUT2D eigenvalue weighted by atomic mass is 9.92. The van der Waals surface area contributed by atoms with Crippen LogP contribution in [0.15, 0.2) is 54.7 Å². The Kier molecular flexibility index (Phi) is 7.52. The van der Waals surface area contributed by atoms with Crippen molar-refractivity contribution in [2.24, 2.45) is 0 Å². The number of rotatable bonds is 10. The number of hydrogen-bond donors (Lipinski definition) is 4. The second-order valence-electron chi connectivity index (χ2n) is 8.21. The number of aromatic amines is 1. The van der Waals surface area contributed by atoms with E-state index in [1.807, 2.05) is 0 Å². The Labute approximate surface area is 206 Å². The van der Waals surface area contributed by atoms with Crippen molar-refractivity contribution in [2.45, 2.75) is 19.6 Å². The number of ketones is 1. The molecule has 1 aromatic heterocycles. The maximum absolute atomic E-state index is 14.1. The number of nitrogens with one attached hydrogen (secondary N) is 2. The Bertz CT molecular complexity index is 1400. The maximum Gasteiger partial charge on any atom is 0.191 e. The highest BCUT2D eigenvalue weighted by molar-refractivity contribution is 6.12. The van der Waals surface area contributed by atoms with E-state index in [9.17, 15) is 18.7 Å². The van der Waals surface area contributed by atoms with Crippen molar-refractivity contribution < 1.29 is 33.3 Å². The summed E-state index contributed by atoms with van der Waals surface area (Å²) in [5.74, 6) is -0.482. The standard InChI is InChI=1S/C27H26F2N2O5/c1-15-24(29)6-5-22-23(13-30-25(15)22)27(34)26(21-4-3-17(28)9-16(21)14-33)31-18-10-19(35-2)12-20(11-18)36-8-7-32/h3-6,9-13,26,30-33H,7-8,14H2,1-2H3. The van der Waals surface area contributed by atoms with Crippen LogP contribution >= 0.6 is 0 Å². The van der Waals surface area contributed by atoms with Gasteiger partial charge < -0.3 is 30.0 Å². The number of aryl methyl sites for hydroxylation is 1. The van der Waals surface area contributed by atoms with Crippen LogP contribution in [0.3, 0.4) is 0 Å². The van der Waals surface area contributed by atoms with Crippen LogP contribution < -0.4 is 14.8 Å². The zero-order chi connectivity index (χ0) is 25.8. The van der Waals surface area contributed by atoms with Crippen LogP contribution in [0, 0.1) is 18.6 Å². The van der Waals surface area contributed by atoms with E-state index in [1.165, 1.54) is 43.6 Å². The Morgan fingerprint density at radius 2 is 1.86 bits per heavy atom. The zero-order valence-corrected chi connectivity index (χ0v) is 19.8. The molecule has 4 aromatic rings. The highest BCUT2D eigenvalue weighted by atomic mass is 19.1. The molecule has 0 fully saturated rings. The highest BCUT2D eigenvalue weighted by Gasteiger charge is 2.27. The molecular weight excluding hydrogens is 470 g/mol. The van der Waals surface area contributed by atoms with Gasteiger partial charge in [-0.1, -0.05) is 6.07 Å². The molecule has 188 valence electrons. The van der Waals surface area contributed by atoms with Gasteiger partial charge in [0, 0.05) is 46.6 Å². The number of carbonyl (C=O) groups is 1. The van der Waals surface area contributed by atoms with E-state index in [-0.39, 0.29) is 24.6 Å². The van der Waals surface area contributed by atoms with Gasteiger partial charge in [-0.15, -0.1) is 0 Å². The van der Waals surface area contributed by atoms with E-state index >= 15 is 0 Å². The molecular formula is C27H26F2N2O5. The van der Waals surface area contributed by atoms with Crippen molar-refractivity contribution in [3.05, 3.63) is 88.6 Å². The third-order valence-corrected chi connectivity index (χ3v) is 5.95. The van der Waals surface area contributed by atoms with E-state index in [0.29, 0.717) is 44.8 Å². The molecule has 4 N–H and O–H groups in total. The van der Waals surface area contributed by atoms with Gasteiger partial charge >= 0.3 is 0 Å². The number of H-pyrrole nitrogens is 1. The van der Waals surface area contributed by atoms with Crippen molar-refractivity contribution in [3.63, 3.8) is 0 Å². The minimum Gasteiger partial charge on any atom is -0.497 e. The number of anilines is 1. The number of hydrogen-bond acceptors (Lipinski definition) is 6. The van der Waals surface area contributed by atoms with Gasteiger partial charge in [0.2, 0.25) is 0 Å². The van der Waals surface area contributed by atoms with Crippen molar-refractivity contribution in [2.75, 3.05) is 25.6 Å². The summed E-state index contributed by atoms with van der Waals surface area (Å²) in [6, 6.07) is 10.5. The van der Waals surface area contributed by atoms with E-state index in [2.05, 4.69) is 10.3 Å². The number of ether oxygens (including phenoxy) is 2.